The van der Waals surface area contributed by atoms with E-state index in [1.807, 2.05) is 0 Å². The van der Waals surface area contributed by atoms with Gasteiger partial charge in [-0.2, -0.15) is 5.10 Å². The van der Waals surface area contributed by atoms with Crippen LogP contribution in [-0.4, -0.2) is 22.5 Å². The number of carbonyl (C=O) groups is 1. The highest BCUT2D eigenvalue weighted by Crippen LogP contribution is 2.23. The zero-order chi connectivity index (χ0) is 14.7. The molecule has 1 aliphatic heterocycles. The molecule has 0 saturated carbocycles. The van der Waals surface area contributed by atoms with Crippen molar-refractivity contribution in [3.63, 3.8) is 0 Å². The Balaban J connectivity index is 1.91. The minimum Gasteiger partial charge on any atom is -0.304 e. The van der Waals surface area contributed by atoms with Crippen LogP contribution in [0.5, 0.6) is 0 Å². The molecule has 1 amide bonds. The van der Waals surface area contributed by atoms with Crippen LogP contribution in [0.3, 0.4) is 0 Å². The molecule has 1 aromatic rings. The maximum absolute atomic E-state index is 11.4. The van der Waals surface area contributed by atoms with E-state index in [2.05, 4.69) is 40.6 Å². The summed E-state index contributed by atoms with van der Waals surface area (Å²) in [7, 11) is 0. The number of benzene rings is 1. The number of hydrogen-bond acceptors (Lipinski definition) is 4. The summed E-state index contributed by atoms with van der Waals surface area (Å²) in [6.45, 7) is 2.10. The van der Waals surface area contributed by atoms with Gasteiger partial charge in [0.05, 0.1) is 5.71 Å². The monoisotopic (exact) mass is 301 g/mol. The van der Waals surface area contributed by atoms with Crippen LogP contribution in [0.1, 0.15) is 42.4 Å². The molecule has 1 saturated heterocycles. The molecule has 5 heteroatoms. The van der Waals surface area contributed by atoms with Gasteiger partial charge in [0.2, 0.25) is 5.91 Å². The summed E-state index contributed by atoms with van der Waals surface area (Å²) < 4.78 is 0. The Morgan fingerprint density at radius 1 is 1.14 bits per heavy atom. The molecule has 4 nitrogen and oxygen atoms in total. The third kappa shape index (κ3) is 3.53. The molecule has 0 radical (unpaired) electrons. The third-order valence-corrected chi connectivity index (χ3v) is 4.63. The molecule has 2 aliphatic rings. The minimum atomic E-state index is 0.0322. The fourth-order valence-corrected chi connectivity index (χ4v) is 3.41. The van der Waals surface area contributed by atoms with Crippen molar-refractivity contribution in [1.82, 2.24) is 5.32 Å². The molecule has 1 aromatic carbocycles. The Kier molecular flexibility index (Phi) is 4.39. The number of hydrogen-bond donors (Lipinski definition) is 1. The standard InChI is InChI=1S/C16H19N3OS/c1-11-6-7-12-4-2-3-5-14(13(12)10-11)18-19-16-17-15(20)8-9-21-16/h6-7,10H,2-5,8-9H2,1H3,(H,17,19,20)/b18-14+. The second kappa shape index (κ2) is 6.43. The molecule has 1 aliphatic carbocycles. The van der Waals surface area contributed by atoms with Crippen LogP contribution in [0.4, 0.5) is 0 Å². The van der Waals surface area contributed by atoms with Gasteiger partial charge in [0, 0.05) is 17.7 Å². The van der Waals surface area contributed by atoms with Crippen LogP contribution in [0.25, 0.3) is 0 Å². The molecule has 0 atom stereocenters. The molecule has 21 heavy (non-hydrogen) atoms. The lowest BCUT2D eigenvalue weighted by Crippen LogP contribution is -2.32. The smallest absolute Gasteiger partial charge is 0.226 e. The van der Waals surface area contributed by atoms with Crippen molar-refractivity contribution in [3.8, 4) is 0 Å². The van der Waals surface area contributed by atoms with Crippen molar-refractivity contribution in [2.45, 2.75) is 39.0 Å². The van der Waals surface area contributed by atoms with E-state index in [0.717, 1.165) is 30.7 Å². The molecule has 0 unspecified atom stereocenters. The molecular formula is C16H19N3OS. The molecule has 1 heterocycles. The predicted octanol–water partition coefficient (Wildman–Crippen LogP) is 3.03. The van der Waals surface area contributed by atoms with Gasteiger partial charge in [-0.25, -0.2) is 0 Å². The van der Waals surface area contributed by atoms with Gasteiger partial charge in [0.25, 0.3) is 0 Å². The first-order chi connectivity index (χ1) is 10.2. The molecule has 0 spiro atoms. The number of fused-ring (bicyclic) bond motifs is 1. The number of aryl methyl sites for hydroxylation is 2. The van der Waals surface area contributed by atoms with Crippen LogP contribution in [0.2, 0.25) is 0 Å². The van der Waals surface area contributed by atoms with Gasteiger partial charge in [0.15, 0.2) is 5.17 Å². The van der Waals surface area contributed by atoms with E-state index >= 15 is 0 Å². The Labute approximate surface area is 129 Å². The van der Waals surface area contributed by atoms with Crippen LogP contribution in [0.15, 0.2) is 28.4 Å². The number of amides is 1. The molecule has 3 rings (SSSR count). The van der Waals surface area contributed by atoms with E-state index in [1.54, 1.807) is 11.8 Å². The highest BCUT2D eigenvalue weighted by molar-refractivity contribution is 8.14. The van der Waals surface area contributed by atoms with Gasteiger partial charge >= 0.3 is 0 Å². The zero-order valence-electron chi connectivity index (χ0n) is 12.2. The largest absolute Gasteiger partial charge is 0.304 e. The third-order valence-electron chi connectivity index (χ3n) is 3.76. The lowest BCUT2D eigenvalue weighted by atomic mass is 9.99. The summed E-state index contributed by atoms with van der Waals surface area (Å²) >= 11 is 1.56. The number of carbonyl (C=O) groups excluding carboxylic acids is 1. The summed E-state index contributed by atoms with van der Waals surface area (Å²) in [6.07, 6.45) is 4.94. The summed E-state index contributed by atoms with van der Waals surface area (Å²) in [5, 5.41) is 12.1. The van der Waals surface area contributed by atoms with Crippen LogP contribution >= 0.6 is 11.8 Å². The van der Waals surface area contributed by atoms with Gasteiger partial charge < -0.3 is 5.32 Å². The summed E-state index contributed by atoms with van der Waals surface area (Å²) in [5.74, 6) is 0.815. The number of rotatable bonds is 1. The average molecular weight is 301 g/mol. The second-order valence-electron chi connectivity index (χ2n) is 5.47. The van der Waals surface area contributed by atoms with Gasteiger partial charge in [-0.15, -0.1) is 5.10 Å². The van der Waals surface area contributed by atoms with E-state index in [0.29, 0.717) is 11.6 Å². The Hall–Kier alpha value is -1.62. The van der Waals surface area contributed by atoms with E-state index in [4.69, 9.17) is 0 Å². The van der Waals surface area contributed by atoms with Crippen LogP contribution in [0, 0.1) is 6.92 Å². The Morgan fingerprint density at radius 3 is 2.86 bits per heavy atom. The fourth-order valence-electron chi connectivity index (χ4n) is 2.64. The minimum absolute atomic E-state index is 0.0322. The number of amidine groups is 1. The van der Waals surface area contributed by atoms with E-state index < -0.39 is 0 Å². The van der Waals surface area contributed by atoms with Crippen LogP contribution < -0.4 is 5.32 Å². The highest BCUT2D eigenvalue weighted by atomic mass is 32.2. The molecular weight excluding hydrogens is 282 g/mol. The SMILES string of the molecule is Cc1ccc2c(c1)/C(=N/N=C1\NC(=O)CCS1)CCCC2. The molecule has 0 bridgehead atoms. The van der Waals surface area contributed by atoms with Crippen molar-refractivity contribution in [2.75, 3.05) is 5.75 Å². The maximum atomic E-state index is 11.4. The summed E-state index contributed by atoms with van der Waals surface area (Å²) in [4.78, 5) is 11.4. The highest BCUT2D eigenvalue weighted by Gasteiger charge is 2.16. The summed E-state index contributed by atoms with van der Waals surface area (Å²) in [6, 6.07) is 6.56. The number of thioether (sulfide) groups is 1. The van der Waals surface area contributed by atoms with Gasteiger partial charge in [-0.1, -0.05) is 29.5 Å². The summed E-state index contributed by atoms with van der Waals surface area (Å²) in [5.41, 5.74) is 4.87. The second-order valence-corrected chi connectivity index (χ2v) is 6.55. The Bertz CT molecular complexity index is 622. The predicted molar refractivity (Wildman–Crippen MR) is 87.9 cm³/mol. The number of nitrogens with one attached hydrogen (secondary N) is 1. The van der Waals surface area contributed by atoms with E-state index in [-0.39, 0.29) is 5.91 Å². The van der Waals surface area contributed by atoms with Crippen molar-refractivity contribution in [2.24, 2.45) is 10.2 Å². The first-order valence-corrected chi connectivity index (χ1v) is 8.38. The van der Waals surface area contributed by atoms with Crippen molar-refractivity contribution in [1.29, 1.82) is 0 Å². The van der Waals surface area contributed by atoms with E-state index in [1.165, 1.54) is 23.1 Å². The quantitative estimate of drug-likeness (QED) is 0.640. The van der Waals surface area contributed by atoms with Crippen molar-refractivity contribution >= 4 is 28.5 Å². The zero-order valence-corrected chi connectivity index (χ0v) is 13.0. The normalized spacial score (nSPS) is 22.8. The van der Waals surface area contributed by atoms with Gasteiger partial charge in [0.1, 0.15) is 0 Å². The number of nitrogens with zero attached hydrogens (tertiary/aromatic N) is 2. The molecule has 1 N–H and O–H groups in total. The fraction of sp³-hybridized carbons (Fsp3) is 0.438. The first kappa shape index (κ1) is 14.3. The van der Waals surface area contributed by atoms with Crippen molar-refractivity contribution in [3.05, 3.63) is 34.9 Å². The maximum Gasteiger partial charge on any atom is 0.226 e. The van der Waals surface area contributed by atoms with Gasteiger partial charge in [-0.05, 0) is 44.2 Å². The Morgan fingerprint density at radius 2 is 2.00 bits per heavy atom. The first-order valence-electron chi connectivity index (χ1n) is 7.39. The lowest BCUT2D eigenvalue weighted by Gasteiger charge is -2.12. The topological polar surface area (TPSA) is 53.8 Å². The van der Waals surface area contributed by atoms with Gasteiger partial charge in [-0.3, -0.25) is 4.79 Å². The molecule has 110 valence electrons. The van der Waals surface area contributed by atoms with Crippen LogP contribution in [-0.2, 0) is 11.2 Å². The molecule has 0 aromatic heterocycles. The van der Waals surface area contributed by atoms with Crippen molar-refractivity contribution < 1.29 is 4.79 Å². The molecule has 1 fully saturated rings. The average Bonchev–Trinajstić information content (AvgIpc) is 2.67. The lowest BCUT2D eigenvalue weighted by molar-refractivity contribution is -0.119. The van der Waals surface area contributed by atoms with E-state index in [9.17, 15) is 4.79 Å².